The molecule has 0 amide bonds. The van der Waals surface area contributed by atoms with Gasteiger partial charge >= 0.3 is 0 Å². The van der Waals surface area contributed by atoms with Crippen molar-refractivity contribution in [3.8, 4) is 11.6 Å². The van der Waals surface area contributed by atoms with Crippen molar-refractivity contribution in [1.29, 1.82) is 0 Å². The van der Waals surface area contributed by atoms with Gasteiger partial charge in [0, 0.05) is 17.6 Å². The lowest BCUT2D eigenvalue weighted by Crippen LogP contribution is -2.10. The Labute approximate surface area is 125 Å². The Morgan fingerprint density at radius 3 is 2.55 bits per heavy atom. The Hall–Kier alpha value is -1.54. The van der Waals surface area contributed by atoms with E-state index in [0.29, 0.717) is 11.8 Å². The maximum absolute atomic E-state index is 5.88. The summed E-state index contributed by atoms with van der Waals surface area (Å²) in [4.78, 5) is 4.39. The number of nitrogens with zero attached hydrogens (tertiary/aromatic N) is 1. The second-order valence-electron chi connectivity index (χ2n) is 5.97. The van der Waals surface area contributed by atoms with Gasteiger partial charge in [0.15, 0.2) is 0 Å². The van der Waals surface area contributed by atoms with E-state index in [-0.39, 0.29) is 5.41 Å². The van der Waals surface area contributed by atoms with Gasteiger partial charge in [0.25, 0.3) is 0 Å². The number of hydrogen-bond donors (Lipinski definition) is 0. The van der Waals surface area contributed by atoms with Gasteiger partial charge in [-0.3, -0.25) is 0 Å². The van der Waals surface area contributed by atoms with Gasteiger partial charge in [-0.05, 0) is 41.7 Å². The second-order valence-corrected chi connectivity index (χ2v) is 6.24. The molecule has 0 fully saturated rings. The van der Waals surface area contributed by atoms with Crippen LogP contribution in [-0.4, -0.2) is 4.98 Å². The SMILES string of the molecule is Cc1cc(CCl)cc(Oc2cccc(C(C)(C)C)c2)n1. The summed E-state index contributed by atoms with van der Waals surface area (Å²) in [6, 6.07) is 12.0. The maximum atomic E-state index is 5.88. The molecule has 0 aliphatic carbocycles. The summed E-state index contributed by atoms with van der Waals surface area (Å²) >= 11 is 5.88. The van der Waals surface area contributed by atoms with E-state index in [1.54, 1.807) is 0 Å². The fourth-order valence-corrected chi connectivity index (χ4v) is 2.14. The molecule has 0 saturated heterocycles. The fourth-order valence-electron chi connectivity index (χ4n) is 1.98. The zero-order chi connectivity index (χ0) is 14.8. The van der Waals surface area contributed by atoms with Crippen molar-refractivity contribution >= 4 is 11.6 Å². The highest BCUT2D eigenvalue weighted by molar-refractivity contribution is 6.17. The molecular weight excluding hydrogens is 270 g/mol. The Balaban J connectivity index is 2.28. The average molecular weight is 290 g/mol. The molecule has 0 bridgehead atoms. The third-order valence-corrected chi connectivity index (χ3v) is 3.38. The smallest absolute Gasteiger partial charge is 0.219 e. The first-order valence-corrected chi connectivity index (χ1v) is 7.24. The van der Waals surface area contributed by atoms with Crippen LogP contribution in [0.1, 0.15) is 37.6 Å². The van der Waals surface area contributed by atoms with Gasteiger partial charge in [-0.15, -0.1) is 11.6 Å². The normalized spacial score (nSPS) is 11.4. The van der Waals surface area contributed by atoms with Crippen molar-refractivity contribution in [1.82, 2.24) is 4.98 Å². The lowest BCUT2D eigenvalue weighted by atomic mass is 9.87. The number of halogens is 1. The van der Waals surface area contributed by atoms with Gasteiger partial charge in [0.05, 0.1) is 0 Å². The van der Waals surface area contributed by atoms with Crippen LogP contribution >= 0.6 is 11.6 Å². The Morgan fingerprint density at radius 2 is 1.90 bits per heavy atom. The first-order valence-electron chi connectivity index (χ1n) is 6.70. The van der Waals surface area contributed by atoms with E-state index in [1.807, 2.05) is 31.2 Å². The fraction of sp³-hybridized carbons (Fsp3) is 0.353. The number of pyridine rings is 1. The highest BCUT2D eigenvalue weighted by Gasteiger charge is 2.14. The number of ether oxygens (including phenoxy) is 1. The van der Waals surface area contributed by atoms with Crippen molar-refractivity contribution in [2.45, 2.75) is 39.0 Å². The molecule has 1 aromatic heterocycles. The molecule has 0 N–H and O–H groups in total. The molecule has 0 radical (unpaired) electrons. The minimum absolute atomic E-state index is 0.0979. The third-order valence-electron chi connectivity index (χ3n) is 3.07. The van der Waals surface area contributed by atoms with Crippen LogP contribution in [0.4, 0.5) is 0 Å². The molecule has 0 spiro atoms. The van der Waals surface area contributed by atoms with E-state index in [4.69, 9.17) is 16.3 Å². The molecule has 2 nitrogen and oxygen atoms in total. The molecule has 0 saturated carbocycles. The summed E-state index contributed by atoms with van der Waals surface area (Å²) in [6.07, 6.45) is 0. The predicted octanol–water partition coefficient (Wildman–Crippen LogP) is 5.22. The van der Waals surface area contributed by atoms with E-state index in [9.17, 15) is 0 Å². The number of aromatic nitrogens is 1. The largest absolute Gasteiger partial charge is 0.439 e. The number of aryl methyl sites for hydroxylation is 1. The summed E-state index contributed by atoms with van der Waals surface area (Å²) < 4.78 is 5.87. The quantitative estimate of drug-likeness (QED) is 0.723. The predicted molar refractivity (Wildman–Crippen MR) is 83.7 cm³/mol. The number of hydrogen-bond acceptors (Lipinski definition) is 2. The number of rotatable bonds is 3. The highest BCUT2D eigenvalue weighted by Crippen LogP contribution is 2.28. The molecule has 2 rings (SSSR count). The van der Waals surface area contributed by atoms with Gasteiger partial charge in [-0.25, -0.2) is 4.98 Å². The molecule has 20 heavy (non-hydrogen) atoms. The second kappa shape index (κ2) is 5.84. The number of alkyl halides is 1. The first kappa shape index (κ1) is 14.9. The maximum Gasteiger partial charge on any atom is 0.219 e. The standard InChI is InChI=1S/C17H20ClNO/c1-12-8-13(11-18)9-16(19-12)20-15-7-5-6-14(10-15)17(2,3)4/h5-10H,11H2,1-4H3. The van der Waals surface area contributed by atoms with Crippen LogP contribution < -0.4 is 4.74 Å². The highest BCUT2D eigenvalue weighted by atomic mass is 35.5. The molecule has 1 aromatic carbocycles. The summed E-state index contributed by atoms with van der Waals surface area (Å²) in [5, 5.41) is 0. The molecule has 0 aliphatic rings. The molecule has 3 heteroatoms. The number of benzene rings is 1. The topological polar surface area (TPSA) is 22.1 Å². The molecule has 0 unspecified atom stereocenters. The van der Waals surface area contributed by atoms with Crippen LogP contribution in [0.2, 0.25) is 0 Å². The van der Waals surface area contributed by atoms with Gasteiger partial charge in [-0.1, -0.05) is 32.9 Å². The van der Waals surface area contributed by atoms with E-state index in [1.165, 1.54) is 5.56 Å². The molecule has 0 atom stereocenters. The van der Waals surface area contributed by atoms with Crippen molar-refractivity contribution in [3.05, 3.63) is 53.2 Å². The van der Waals surface area contributed by atoms with Crippen LogP contribution in [0.5, 0.6) is 11.6 Å². The lowest BCUT2D eigenvalue weighted by molar-refractivity contribution is 0.458. The molecule has 0 aliphatic heterocycles. The van der Waals surface area contributed by atoms with Gasteiger partial charge in [0.2, 0.25) is 5.88 Å². The monoisotopic (exact) mass is 289 g/mol. The summed E-state index contributed by atoms with van der Waals surface area (Å²) in [5.41, 5.74) is 3.26. The summed E-state index contributed by atoms with van der Waals surface area (Å²) in [5.74, 6) is 1.85. The van der Waals surface area contributed by atoms with E-state index >= 15 is 0 Å². The van der Waals surface area contributed by atoms with Crippen LogP contribution in [0.25, 0.3) is 0 Å². The Bertz CT molecular complexity index is 602. The van der Waals surface area contributed by atoms with Crippen molar-refractivity contribution in [2.75, 3.05) is 0 Å². The van der Waals surface area contributed by atoms with Crippen LogP contribution in [0.15, 0.2) is 36.4 Å². The molecule has 2 aromatic rings. The van der Waals surface area contributed by atoms with Crippen LogP contribution in [0, 0.1) is 6.92 Å². The minimum atomic E-state index is 0.0979. The summed E-state index contributed by atoms with van der Waals surface area (Å²) in [6.45, 7) is 8.49. The van der Waals surface area contributed by atoms with Crippen molar-refractivity contribution < 1.29 is 4.74 Å². The van der Waals surface area contributed by atoms with E-state index < -0.39 is 0 Å². The molecule has 1 heterocycles. The zero-order valence-corrected chi connectivity index (χ0v) is 13.2. The summed E-state index contributed by atoms with van der Waals surface area (Å²) in [7, 11) is 0. The van der Waals surface area contributed by atoms with E-state index in [2.05, 4.69) is 37.9 Å². The Kier molecular flexibility index (Phi) is 4.34. The van der Waals surface area contributed by atoms with Crippen molar-refractivity contribution in [3.63, 3.8) is 0 Å². The van der Waals surface area contributed by atoms with Crippen LogP contribution in [0.3, 0.4) is 0 Å². The molecule has 106 valence electrons. The third kappa shape index (κ3) is 3.73. The lowest BCUT2D eigenvalue weighted by Gasteiger charge is -2.19. The first-order chi connectivity index (χ1) is 9.38. The van der Waals surface area contributed by atoms with Gasteiger partial charge < -0.3 is 4.74 Å². The van der Waals surface area contributed by atoms with E-state index in [0.717, 1.165) is 17.0 Å². The van der Waals surface area contributed by atoms with Gasteiger partial charge in [0.1, 0.15) is 5.75 Å². The van der Waals surface area contributed by atoms with Gasteiger partial charge in [-0.2, -0.15) is 0 Å². The molecular formula is C17H20ClNO. The van der Waals surface area contributed by atoms with Crippen molar-refractivity contribution in [2.24, 2.45) is 0 Å². The average Bonchev–Trinajstić information content (AvgIpc) is 2.37. The Morgan fingerprint density at radius 1 is 1.15 bits per heavy atom. The van der Waals surface area contributed by atoms with Crippen LogP contribution in [-0.2, 0) is 11.3 Å². The zero-order valence-electron chi connectivity index (χ0n) is 12.4. The minimum Gasteiger partial charge on any atom is -0.439 e.